The van der Waals surface area contributed by atoms with E-state index in [0.29, 0.717) is 5.84 Å². The van der Waals surface area contributed by atoms with Gasteiger partial charge in [0.15, 0.2) is 17.8 Å². The fourth-order valence-corrected chi connectivity index (χ4v) is 3.77. The van der Waals surface area contributed by atoms with E-state index in [0.717, 1.165) is 22.7 Å². The van der Waals surface area contributed by atoms with Gasteiger partial charge in [-0.3, -0.25) is 9.69 Å². The number of methoxy groups -OCH3 is 1. The van der Waals surface area contributed by atoms with Crippen LogP contribution in [0.15, 0.2) is 71.8 Å². The highest BCUT2D eigenvalue weighted by Crippen LogP contribution is 2.40. The maximum atomic E-state index is 12.7. The summed E-state index contributed by atoms with van der Waals surface area (Å²) in [4.78, 5) is 14.7. The predicted octanol–water partition coefficient (Wildman–Crippen LogP) is 5.55. The van der Waals surface area contributed by atoms with Gasteiger partial charge >= 0.3 is 0 Å². The van der Waals surface area contributed by atoms with E-state index in [4.69, 9.17) is 9.84 Å². The second-order valence-electron chi connectivity index (χ2n) is 7.95. The molecule has 1 unspecified atom stereocenters. The molecule has 3 aromatic carbocycles. The van der Waals surface area contributed by atoms with Gasteiger partial charge in [0.05, 0.1) is 12.8 Å². The van der Waals surface area contributed by atoms with Crippen LogP contribution in [0.1, 0.15) is 35.3 Å². The number of rotatable bonds is 5. The Morgan fingerprint density at radius 2 is 1.52 bits per heavy atom. The fraction of sp³-hybridized carbons (Fsp3) is 0.231. The SMILES string of the molecule is COc1ccc(N2N=C(C(C)=O)N(c3ccc(C)c(C)c3)C2c2ccc(C)cc2)cc1. The smallest absolute Gasteiger partial charge is 0.198 e. The normalized spacial score (nSPS) is 15.8. The molecule has 31 heavy (non-hydrogen) atoms. The number of hydrazone groups is 1. The number of amidine groups is 1. The molecule has 0 saturated heterocycles. The molecule has 0 N–H and O–H groups in total. The van der Waals surface area contributed by atoms with E-state index in [1.54, 1.807) is 14.0 Å². The Morgan fingerprint density at radius 1 is 0.871 bits per heavy atom. The van der Waals surface area contributed by atoms with Crippen molar-refractivity contribution >= 4 is 23.0 Å². The van der Waals surface area contributed by atoms with Gasteiger partial charge in [-0.1, -0.05) is 35.9 Å². The molecule has 0 radical (unpaired) electrons. The first-order valence-corrected chi connectivity index (χ1v) is 10.3. The Kier molecular flexibility index (Phi) is 5.51. The topological polar surface area (TPSA) is 45.1 Å². The zero-order valence-corrected chi connectivity index (χ0v) is 18.6. The van der Waals surface area contributed by atoms with Gasteiger partial charge in [0.25, 0.3) is 0 Å². The summed E-state index contributed by atoms with van der Waals surface area (Å²) >= 11 is 0. The third-order valence-electron chi connectivity index (χ3n) is 5.70. The molecule has 0 aliphatic carbocycles. The van der Waals surface area contributed by atoms with E-state index in [1.807, 2.05) is 34.2 Å². The monoisotopic (exact) mass is 413 g/mol. The zero-order valence-electron chi connectivity index (χ0n) is 18.6. The van der Waals surface area contributed by atoms with Crippen molar-refractivity contribution in [2.75, 3.05) is 17.0 Å². The summed E-state index contributed by atoms with van der Waals surface area (Å²) in [5.41, 5.74) is 6.45. The van der Waals surface area contributed by atoms with Crippen molar-refractivity contribution in [2.45, 2.75) is 33.9 Å². The third-order valence-corrected chi connectivity index (χ3v) is 5.70. The lowest BCUT2D eigenvalue weighted by Crippen LogP contribution is -2.37. The lowest BCUT2D eigenvalue weighted by atomic mass is 10.1. The Bertz CT molecular complexity index is 1130. The number of ketones is 1. The highest BCUT2D eigenvalue weighted by atomic mass is 16.5. The molecule has 5 nitrogen and oxygen atoms in total. The Hall–Kier alpha value is -3.60. The largest absolute Gasteiger partial charge is 0.497 e. The number of nitrogens with zero attached hydrogens (tertiary/aromatic N) is 3. The predicted molar refractivity (Wildman–Crippen MR) is 126 cm³/mol. The minimum Gasteiger partial charge on any atom is -0.497 e. The molecule has 0 amide bonds. The molecule has 0 saturated carbocycles. The van der Waals surface area contributed by atoms with Crippen molar-refractivity contribution < 1.29 is 9.53 Å². The van der Waals surface area contributed by atoms with Crippen LogP contribution in [-0.4, -0.2) is 18.7 Å². The average molecular weight is 414 g/mol. The second-order valence-corrected chi connectivity index (χ2v) is 7.95. The van der Waals surface area contributed by atoms with Crippen molar-refractivity contribution in [3.63, 3.8) is 0 Å². The standard InChI is InChI=1S/C26H27N3O2/c1-17-6-9-21(10-7-17)26-28(23-11-8-18(2)19(3)16-23)25(20(4)30)27-29(26)22-12-14-24(31-5)15-13-22/h6-16,26H,1-5H3. The number of Topliss-reactive ketones (excluding diaryl/α,β-unsaturated/α-hetero) is 1. The van der Waals surface area contributed by atoms with Crippen LogP contribution >= 0.6 is 0 Å². The van der Waals surface area contributed by atoms with Crippen LogP contribution in [0.5, 0.6) is 5.75 Å². The first kappa shape index (κ1) is 20.7. The van der Waals surface area contributed by atoms with Gasteiger partial charge in [-0.25, -0.2) is 5.01 Å². The molecular formula is C26H27N3O2. The Labute approximate surface area is 183 Å². The highest BCUT2D eigenvalue weighted by molar-refractivity contribution is 6.44. The van der Waals surface area contributed by atoms with Gasteiger partial charge in [0.2, 0.25) is 0 Å². The summed E-state index contributed by atoms with van der Waals surface area (Å²) in [7, 11) is 1.65. The molecule has 1 aliphatic rings. The maximum Gasteiger partial charge on any atom is 0.198 e. The summed E-state index contributed by atoms with van der Waals surface area (Å²) < 4.78 is 5.31. The number of aryl methyl sites for hydroxylation is 3. The first-order valence-electron chi connectivity index (χ1n) is 10.3. The minimum absolute atomic E-state index is 0.0775. The molecule has 0 spiro atoms. The molecule has 1 aliphatic heterocycles. The lowest BCUT2D eigenvalue weighted by Gasteiger charge is -2.32. The fourth-order valence-electron chi connectivity index (χ4n) is 3.77. The van der Waals surface area contributed by atoms with Gasteiger partial charge in [-0.2, -0.15) is 0 Å². The van der Waals surface area contributed by atoms with Crippen LogP contribution in [0.2, 0.25) is 0 Å². The van der Waals surface area contributed by atoms with Crippen LogP contribution in [0.4, 0.5) is 11.4 Å². The lowest BCUT2D eigenvalue weighted by molar-refractivity contribution is -0.111. The first-order chi connectivity index (χ1) is 14.9. The van der Waals surface area contributed by atoms with Gasteiger partial charge in [0, 0.05) is 12.6 Å². The quantitative estimate of drug-likeness (QED) is 0.550. The molecule has 0 bridgehead atoms. The van der Waals surface area contributed by atoms with Crippen molar-refractivity contribution in [1.82, 2.24) is 0 Å². The minimum atomic E-state index is -0.282. The highest BCUT2D eigenvalue weighted by Gasteiger charge is 2.39. The van der Waals surface area contributed by atoms with Crippen LogP contribution in [0, 0.1) is 20.8 Å². The van der Waals surface area contributed by atoms with Crippen LogP contribution in [-0.2, 0) is 4.79 Å². The molecule has 1 atom stereocenters. The number of carbonyl (C=O) groups excluding carboxylic acids is 1. The Balaban J connectivity index is 1.89. The van der Waals surface area contributed by atoms with Crippen molar-refractivity contribution in [3.05, 3.63) is 89.0 Å². The number of anilines is 2. The summed E-state index contributed by atoms with van der Waals surface area (Å²) in [5, 5.41) is 6.70. The van der Waals surface area contributed by atoms with E-state index in [-0.39, 0.29) is 11.9 Å². The van der Waals surface area contributed by atoms with Gasteiger partial charge in [-0.05, 0) is 73.9 Å². The average Bonchev–Trinajstić information content (AvgIpc) is 3.17. The molecule has 1 heterocycles. The van der Waals surface area contributed by atoms with E-state index in [2.05, 4.69) is 63.2 Å². The number of hydrogen-bond donors (Lipinski definition) is 0. The van der Waals surface area contributed by atoms with Crippen LogP contribution < -0.4 is 14.6 Å². The molecule has 0 aromatic heterocycles. The summed E-state index contributed by atoms with van der Waals surface area (Å²) in [6.45, 7) is 7.81. The number of benzene rings is 3. The van der Waals surface area contributed by atoms with Crippen molar-refractivity contribution in [1.29, 1.82) is 0 Å². The number of hydrogen-bond acceptors (Lipinski definition) is 5. The van der Waals surface area contributed by atoms with E-state index < -0.39 is 0 Å². The van der Waals surface area contributed by atoms with E-state index >= 15 is 0 Å². The van der Waals surface area contributed by atoms with Crippen molar-refractivity contribution in [3.8, 4) is 5.75 Å². The number of carbonyl (C=O) groups is 1. The van der Waals surface area contributed by atoms with E-state index in [1.165, 1.54) is 16.7 Å². The molecule has 0 fully saturated rings. The van der Waals surface area contributed by atoms with Gasteiger partial charge in [-0.15, -0.1) is 5.10 Å². The number of ether oxygens (including phenoxy) is 1. The summed E-state index contributed by atoms with van der Waals surface area (Å²) in [5.74, 6) is 1.12. The van der Waals surface area contributed by atoms with E-state index in [9.17, 15) is 4.79 Å². The van der Waals surface area contributed by atoms with Crippen LogP contribution in [0.3, 0.4) is 0 Å². The van der Waals surface area contributed by atoms with Crippen LogP contribution in [0.25, 0.3) is 0 Å². The summed E-state index contributed by atoms with van der Waals surface area (Å²) in [6.07, 6.45) is -0.282. The Morgan fingerprint density at radius 3 is 2.10 bits per heavy atom. The third kappa shape index (κ3) is 3.91. The zero-order chi connectivity index (χ0) is 22.1. The molecule has 5 heteroatoms. The molecule has 158 valence electrons. The summed E-state index contributed by atoms with van der Waals surface area (Å²) in [6, 6.07) is 22.4. The second kappa shape index (κ2) is 8.26. The molecule has 3 aromatic rings. The van der Waals surface area contributed by atoms with Gasteiger partial charge in [0.1, 0.15) is 5.75 Å². The van der Waals surface area contributed by atoms with Crippen molar-refractivity contribution in [2.24, 2.45) is 5.10 Å². The molecule has 4 rings (SSSR count). The van der Waals surface area contributed by atoms with Gasteiger partial charge < -0.3 is 4.74 Å². The maximum absolute atomic E-state index is 12.7. The molecular weight excluding hydrogens is 386 g/mol.